The Hall–Kier alpha value is -1.65. The van der Waals surface area contributed by atoms with Gasteiger partial charge in [-0.25, -0.2) is 0 Å². The minimum atomic E-state index is 0.274. The highest BCUT2D eigenvalue weighted by atomic mass is 32.1. The lowest BCUT2D eigenvalue weighted by Gasteiger charge is -2.40. The van der Waals surface area contributed by atoms with Gasteiger partial charge >= 0.3 is 0 Å². The molecular formula is C24H32N2OS. The second-order valence-corrected chi connectivity index (χ2v) is 9.23. The molecule has 2 aromatic rings. The molecule has 2 heterocycles. The third kappa shape index (κ3) is 3.77. The molecule has 0 saturated carbocycles. The van der Waals surface area contributed by atoms with Crippen molar-refractivity contribution in [3.05, 3.63) is 57.8 Å². The van der Waals surface area contributed by atoms with Gasteiger partial charge in [0.15, 0.2) is 0 Å². The number of carbonyl (C=O) groups excluding carboxylic acids is 1. The van der Waals surface area contributed by atoms with Gasteiger partial charge in [-0.3, -0.25) is 9.69 Å². The van der Waals surface area contributed by atoms with Crippen molar-refractivity contribution in [3.63, 3.8) is 0 Å². The predicted octanol–water partition coefficient (Wildman–Crippen LogP) is 5.03. The molecule has 1 aliphatic carbocycles. The molecule has 0 bridgehead atoms. The number of amides is 1. The van der Waals surface area contributed by atoms with Gasteiger partial charge < -0.3 is 4.90 Å². The van der Waals surface area contributed by atoms with Crippen LogP contribution in [0.15, 0.2) is 41.1 Å². The van der Waals surface area contributed by atoms with Crippen molar-refractivity contribution in [3.8, 4) is 0 Å². The Morgan fingerprint density at radius 2 is 1.93 bits per heavy atom. The summed E-state index contributed by atoms with van der Waals surface area (Å²) in [5.41, 5.74) is 4.68. The molecule has 2 aliphatic rings. The molecule has 1 atom stereocenters. The Balaban J connectivity index is 1.48. The Labute approximate surface area is 173 Å². The molecule has 0 N–H and O–H groups in total. The summed E-state index contributed by atoms with van der Waals surface area (Å²) in [5, 5.41) is 4.44. The van der Waals surface area contributed by atoms with Crippen molar-refractivity contribution >= 4 is 17.2 Å². The van der Waals surface area contributed by atoms with Crippen LogP contribution in [-0.4, -0.2) is 41.9 Å². The van der Waals surface area contributed by atoms with E-state index in [1.54, 1.807) is 11.3 Å². The number of rotatable bonds is 6. The van der Waals surface area contributed by atoms with Crippen molar-refractivity contribution in [2.24, 2.45) is 0 Å². The number of benzene rings is 1. The molecule has 28 heavy (non-hydrogen) atoms. The Morgan fingerprint density at radius 3 is 2.61 bits per heavy atom. The highest BCUT2D eigenvalue weighted by Gasteiger charge is 2.45. The molecule has 150 valence electrons. The lowest BCUT2D eigenvalue weighted by molar-refractivity contribution is -0.131. The average molecular weight is 397 g/mol. The minimum Gasteiger partial charge on any atom is -0.343 e. The first-order valence-corrected chi connectivity index (χ1v) is 11.7. The third-order valence-electron chi connectivity index (χ3n) is 6.95. The number of nitrogens with zero attached hydrogens (tertiary/aromatic N) is 2. The van der Waals surface area contributed by atoms with Crippen molar-refractivity contribution in [1.29, 1.82) is 0 Å². The number of hydrogen-bond donors (Lipinski definition) is 0. The summed E-state index contributed by atoms with van der Waals surface area (Å²) in [6, 6.07) is 11.2. The minimum absolute atomic E-state index is 0.274. The molecule has 1 aliphatic heterocycles. The van der Waals surface area contributed by atoms with Gasteiger partial charge in [0.2, 0.25) is 5.91 Å². The highest BCUT2D eigenvalue weighted by molar-refractivity contribution is 7.07. The number of fused-ring (bicyclic) bond motifs is 2. The highest BCUT2D eigenvalue weighted by Crippen LogP contribution is 2.52. The number of thiophene rings is 1. The first-order valence-electron chi connectivity index (χ1n) is 10.8. The quantitative estimate of drug-likeness (QED) is 0.684. The van der Waals surface area contributed by atoms with E-state index in [9.17, 15) is 4.79 Å². The Kier molecular flexibility index (Phi) is 5.88. The second-order valence-electron chi connectivity index (χ2n) is 8.45. The Morgan fingerprint density at radius 1 is 1.18 bits per heavy atom. The van der Waals surface area contributed by atoms with Gasteiger partial charge in [-0.1, -0.05) is 24.3 Å². The van der Waals surface area contributed by atoms with Crippen LogP contribution in [0.4, 0.5) is 0 Å². The van der Waals surface area contributed by atoms with E-state index in [1.807, 2.05) is 4.90 Å². The number of likely N-dealkylation sites (tertiary alicyclic amines) is 1. The van der Waals surface area contributed by atoms with Crippen molar-refractivity contribution < 1.29 is 4.79 Å². The topological polar surface area (TPSA) is 23.6 Å². The molecule has 1 unspecified atom stereocenters. The standard InChI is InChI=1S/C24H32N2OS/c1-3-26(4-2)23(27)15-20-16-24(22-8-6-5-7-21(20)22)10-12-25(13-11-24)17-19-9-14-28-18-19/h5-9,14,18,20H,3-4,10-13,15-17H2,1-2H3. The smallest absolute Gasteiger partial charge is 0.223 e. The largest absolute Gasteiger partial charge is 0.343 e. The molecule has 1 aromatic carbocycles. The number of piperidine rings is 1. The van der Waals surface area contributed by atoms with E-state index >= 15 is 0 Å². The maximum absolute atomic E-state index is 12.8. The first-order chi connectivity index (χ1) is 13.6. The van der Waals surface area contributed by atoms with Crippen LogP contribution in [0.1, 0.15) is 62.1 Å². The fourth-order valence-corrected chi connectivity index (χ4v) is 6.04. The molecule has 1 aromatic heterocycles. The number of hydrogen-bond acceptors (Lipinski definition) is 3. The Bertz CT molecular complexity index is 789. The zero-order valence-corrected chi connectivity index (χ0v) is 18.0. The van der Waals surface area contributed by atoms with E-state index in [4.69, 9.17) is 0 Å². The van der Waals surface area contributed by atoms with Gasteiger partial charge in [-0.05, 0) is 91.0 Å². The zero-order valence-electron chi connectivity index (χ0n) is 17.2. The van der Waals surface area contributed by atoms with Crippen molar-refractivity contribution in [2.45, 2.75) is 57.4 Å². The fraction of sp³-hybridized carbons (Fsp3) is 0.542. The van der Waals surface area contributed by atoms with E-state index < -0.39 is 0 Å². The second kappa shape index (κ2) is 8.38. The summed E-state index contributed by atoms with van der Waals surface area (Å²) in [6.45, 7) is 9.16. The predicted molar refractivity (Wildman–Crippen MR) is 117 cm³/mol. The van der Waals surface area contributed by atoms with Crippen LogP contribution in [0.25, 0.3) is 0 Å². The summed E-state index contributed by atoms with van der Waals surface area (Å²) in [5.74, 6) is 0.699. The summed E-state index contributed by atoms with van der Waals surface area (Å²) < 4.78 is 0. The summed E-state index contributed by atoms with van der Waals surface area (Å²) in [7, 11) is 0. The fourth-order valence-electron chi connectivity index (χ4n) is 5.38. The molecule has 3 nitrogen and oxygen atoms in total. The van der Waals surface area contributed by atoms with Crippen LogP contribution in [0.2, 0.25) is 0 Å². The van der Waals surface area contributed by atoms with E-state index in [-0.39, 0.29) is 5.41 Å². The van der Waals surface area contributed by atoms with E-state index in [0.717, 1.165) is 39.1 Å². The van der Waals surface area contributed by atoms with E-state index in [2.05, 4.69) is 59.8 Å². The average Bonchev–Trinajstić information content (AvgIpc) is 3.32. The van der Waals surface area contributed by atoms with Gasteiger partial charge in [0, 0.05) is 26.1 Å². The van der Waals surface area contributed by atoms with Crippen LogP contribution in [0.3, 0.4) is 0 Å². The van der Waals surface area contributed by atoms with Gasteiger partial charge in [0.25, 0.3) is 0 Å². The molecule has 1 amide bonds. The van der Waals surface area contributed by atoms with Gasteiger partial charge in [0.1, 0.15) is 0 Å². The van der Waals surface area contributed by atoms with Crippen LogP contribution < -0.4 is 0 Å². The third-order valence-corrected chi connectivity index (χ3v) is 7.68. The molecule has 1 spiro atoms. The zero-order chi connectivity index (χ0) is 19.6. The lowest BCUT2D eigenvalue weighted by atomic mass is 9.73. The van der Waals surface area contributed by atoms with Gasteiger partial charge in [-0.15, -0.1) is 0 Å². The molecule has 4 rings (SSSR count). The summed E-state index contributed by atoms with van der Waals surface area (Å²) >= 11 is 1.79. The maximum Gasteiger partial charge on any atom is 0.223 e. The van der Waals surface area contributed by atoms with Crippen LogP contribution >= 0.6 is 11.3 Å². The number of carbonyl (C=O) groups is 1. The summed E-state index contributed by atoms with van der Waals surface area (Å²) in [6.07, 6.45) is 4.24. The first kappa shape index (κ1) is 19.7. The molecule has 1 fully saturated rings. The normalized spacial score (nSPS) is 21.0. The van der Waals surface area contributed by atoms with Crippen molar-refractivity contribution in [1.82, 2.24) is 9.80 Å². The SMILES string of the molecule is CCN(CC)C(=O)CC1CC2(CCN(Cc3ccsc3)CC2)c2ccccc21. The molecule has 1 saturated heterocycles. The van der Waals surface area contributed by atoms with Crippen LogP contribution in [-0.2, 0) is 16.8 Å². The van der Waals surface area contributed by atoms with Gasteiger partial charge in [-0.2, -0.15) is 11.3 Å². The molecule has 4 heteroatoms. The van der Waals surface area contributed by atoms with Gasteiger partial charge in [0.05, 0.1) is 0 Å². The monoisotopic (exact) mass is 396 g/mol. The molecular weight excluding hydrogens is 364 g/mol. The van der Waals surface area contributed by atoms with E-state index in [0.29, 0.717) is 18.2 Å². The van der Waals surface area contributed by atoms with Crippen LogP contribution in [0, 0.1) is 0 Å². The maximum atomic E-state index is 12.8. The summed E-state index contributed by atoms with van der Waals surface area (Å²) in [4.78, 5) is 17.4. The van der Waals surface area contributed by atoms with Crippen LogP contribution in [0.5, 0.6) is 0 Å². The lowest BCUT2D eigenvalue weighted by Crippen LogP contribution is -2.41. The van der Waals surface area contributed by atoms with Crippen molar-refractivity contribution in [2.75, 3.05) is 26.2 Å². The van der Waals surface area contributed by atoms with E-state index in [1.165, 1.54) is 29.5 Å². The molecule has 0 radical (unpaired) electrons.